The van der Waals surface area contributed by atoms with Crippen molar-refractivity contribution in [3.63, 3.8) is 0 Å². The van der Waals surface area contributed by atoms with E-state index >= 15 is 0 Å². The molecule has 1 N–H and O–H groups in total. The van der Waals surface area contributed by atoms with Gasteiger partial charge in [0.05, 0.1) is 12.4 Å². The molecule has 2 aromatic rings. The minimum absolute atomic E-state index is 0.0164. The molecule has 1 aliphatic rings. The van der Waals surface area contributed by atoms with Crippen LogP contribution in [0.25, 0.3) is 11.1 Å². The zero-order valence-corrected chi connectivity index (χ0v) is 16.0. The molecule has 0 saturated heterocycles. The lowest BCUT2D eigenvalue weighted by molar-refractivity contribution is 0.180. The van der Waals surface area contributed by atoms with Crippen molar-refractivity contribution >= 4 is 10.0 Å². The molecule has 2 atom stereocenters. The lowest BCUT2D eigenvalue weighted by atomic mass is 9.86. The van der Waals surface area contributed by atoms with E-state index in [-0.39, 0.29) is 17.7 Å². The molecule has 2 aromatic carbocycles. The normalized spacial score (nSPS) is 20.7. The zero-order valence-electron chi connectivity index (χ0n) is 15.2. The Labute approximate surface area is 156 Å². The molecule has 1 fully saturated rings. The molecule has 5 heteroatoms. The van der Waals surface area contributed by atoms with Gasteiger partial charge in [-0.1, -0.05) is 55.3 Å². The quantitative estimate of drug-likeness (QED) is 0.790. The van der Waals surface area contributed by atoms with Crippen LogP contribution in [0.3, 0.4) is 0 Å². The summed E-state index contributed by atoms with van der Waals surface area (Å²) in [6, 6.07) is 18.3. The van der Waals surface area contributed by atoms with Crippen LogP contribution in [0.4, 0.5) is 0 Å². The number of hydrogen-bond donors (Lipinski definition) is 1. The maximum absolute atomic E-state index is 11.9. The average Bonchev–Trinajstić information content (AvgIpc) is 2.68. The maximum Gasteiger partial charge on any atom is 0.211 e. The Morgan fingerprint density at radius 1 is 0.962 bits per heavy atom. The van der Waals surface area contributed by atoms with Crippen LogP contribution in [0.15, 0.2) is 54.6 Å². The highest BCUT2D eigenvalue weighted by Gasteiger charge is 2.28. The Morgan fingerprint density at radius 3 is 2.31 bits per heavy atom. The van der Waals surface area contributed by atoms with Gasteiger partial charge in [0.25, 0.3) is 0 Å². The molecule has 0 heterocycles. The summed E-state index contributed by atoms with van der Waals surface area (Å²) in [5, 5.41) is 0. The molecular weight excluding hydrogens is 346 g/mol. The van der Waals surface area contributed by atoms with Gasteiger partial charge in [0.1, 0.15) is 5.75 Å². The first-order valence-corrected chi connectivity index (χ1v) is 11.0. The molecule has 0 aliphatic heterocycles. The second-order valence-electron chi connectivity index (χ2n) is 6.87. The maximum atomic E-state index is 11.9. The average molecular weight is 374 g/mol. The third-order valence-electron chi connectivity index (χ3n) is 5.05. The minimum Gasteiger partial charge on any atom is -0.493 e. The molecule has 1 saturated carbocycles. The fourth-order valence-electron chi connectivity index (χ4n) is 3.45. The number of ether oxygens (including phenoxy) is 1. The minimum atomic E-state index is -3.18. The van der Waals surface area contributed by atoms with Gasteiger partial charge in [0.2, 0.25) is 10.0 Å². The summed E-state index contributed by atoms with van der Waals surface area (Å²) in [4.78, 5) is 0. The zero-order chi connectivity index (χ0) is 18.4. The first-order chi connectivity index (χ1) is 12.6. The third kappa shape index (κ3) is 5.08. The van der Waals surface area contributed by atoms with Crippen LogP contribution in [0.2, 0.25) is 0 Å². The van der Waals surface area contributed by atoms with Crippen molar-refractivity contribution in [2.45, 2.75) is 38.6 Å². The molecule has 0 bridgehead atoms. The summed E-state index contributed by atoms with van der Waals surface area (Å²) in [7, 11) is -3.18. The molecule has 3 rings (SSSR count). The van der Waals surface area contributed by atoms with Gasteiger partial charge in [0, 0.05) is 12.0 Å². The molecule has 0 amide bonds. The van der Waals surface area contributed by atoms with E-state index in [1.807, 2.05) is 30.3 Å². The molecular formula is C21H27NO3S. The van der Waals surface area contributed by atoms with Gasteiger partial charge in [-0.2, -0.15) is 0 Å². The first-order valence-electron chi connectivity index (χ1n) is 9.35. The summed E-state index contributed by atoms with van der Waals surface area (Å²) in [5.74, 6) is 1.17. The lowest BCUT2D eigenvalue weighted by Gasteiger charge is -2.31. The number of sulfonamides is 1. The van der Waals surface area contributed by atoms with Crippen LogP contribution < -0.4 is 9.46 Å². The van der Waals surface area contributed by atoms with E-state index in [0.717, 1.165) is 37.0 Å². The van der Waals surface area contributed by atoms with E-state index in [2.05, 4.69) is 29.0 Å². The van der Waals surface area contributed by atoms with Crippen molar-refractivity contribution in [3.05, 3.63) is 54.6 Å². The van der Waals surface area contributed by atoms with Crippen LogP contribution in [0.1, 0.15) is 32.6 Å². The van der Waals surface area contributed by atoms with E-state index in [1.54, 1.807) is 6.92 Å². The smallest absolute Gasteiger partial charge is 0.211 e. The van der Waals surface area contributed by atoms with Crippen LogP contribution >= 0.6 is 0 Å². The Hall–Kier alpha value is -1.85. The fourth-order valence-corrected chi connectivity index (χ4v) is 4.39. The fraction of sp³-hybridized carbons (Fsp3) is 0.429. The molecule has 4 nitrogen and oxygen atoms in total. The van der Waals surface area contributed by atoms with Gasteiger partial charge < -0.3 is 4.74 Å². The Balaban J connectivity index is 1.60. The van der Waals surface area contributed by atoms with Gasteiger partial charge in [0.15, 0.2) is 0 Å². The lowest BCUT2D eigenvalue weighted by Crippen LogP contribution is -2.44. The van der Waals surface area contributed by atoms with E-state index in [9.17, 15) is 8.42 Å². The monoisotopic (exact) mass is 373 g/mol. The van der Waals surface area contributed by atoms with E-state index in [1.165, 1.54) is 5.56 Å². The van der Waals surface area contributed by atoms with Crippen molar-refractivity contribution in [2.24, 2.45) is 5.92 Å². The van der Waals surface area contributed by atoms with Gasteiger partial charge in [-0.25, -0.2) is 13.1 Å². The second kappa shape index (κ2) is 8.69. The summed E-state index contributed by atoms with van der Waals surface area (Å²) in [6.07, 6.45) is 4.09. The highest BCUT2D eigenvalue weighted by Crippen LogP contribution is 2.27. The predicted octanol–water partition coefficient (Wildman–Crippen LogP) is 4.23. The standard InChI is InChI=1S/C21H27NO3S/c1-2-26(23,24)22-21-11-7-6-10-19(21)16-25-20-14-12-18(13-15-20)17-8-4-3-5-9-17/h3-5,8-9,12-15,19,21-22H,2,6-7,10-11,16H2,1H3. The highest BCUT2D eigenvalue weighted by molar-refractivity contribution is 7.89. The van der Waals surface area contributed by atoms with Crippen LogP contribution in [-0.4, -0.2) is 26.8 Å². The third-order valence-corrected chi connectivity index (χ3v) is 6.47. The predicted molar refractivity (Wildman–Crippen MR) is 106 cm³/mol. The Bertz CT molecular complexity index is 788. The van der Waals surface area contributed by atoms with Gasteiger partial charge in [-0.15, -0.1) is 0 Å². The second-order valence-corrected chi connectivity index (χ2v) is 8.92. The number of hydrogen-bond acceptors (Lipinski definition) is 3. The van der Waals surface area contributed by atoms with Crippen molar-refractivity contribution in [3.8, 4) is 16.9 Å². The molecule has 2 unspecified atom stereocenters. The highest BCUT2D eigenvalue weighted by atomic mass is 32.2. The molecule has 0 spiro atoms. The summed E-state index contributed by atoms with van der Waals surface area (Å²) in [5.41, 5.74) is 2.34. The molecule has 1 aliphatic carbocycles. The SMILES string of the molecule is CCS(=O)(=O)NC1CCCCC1COc1ccc(-c2ccccc2)cc1. The van der Waals surface area contributed by atoms with Gasteiger partial charge in [-0.3, -0.25) is 0 Å². The number of benzene rings is 2. The molecule has 0 radical (unpaired) electrons. The Morgan fingerprint density at radius 2 is 1.62 bits per heavy atom. The summed E-state index contributed by atoms with van der Waals surface area (Å²) >= 11 is 0. The van der Waals surface area contributed by atoms with E-state index < -0.39 is 10.0 Å². The van der Waals surface area contributed by atoms with Crippen LogP contribution in [0, 0.1) is 5.92 Å². The van der Waals surface area contributed by atoms with Crippen LogP contribution in [0.5, 0.6) is 5.75 Å². The van der Waals surface area contributed by atoms with E-state index in [0.29, 0.717) is 6.61 Å². The van der Waals surface area contributed by atoms with Crippen molar-refractivity contribution in [1.82, 2.24) is 4.72 Å². The summed E-state index contributed by atoms with van der Waals surface area (Å²) in [6.45, 7) is 2.21. The Kier molecular flexibility index (Phi) is 6.33. The van der Waals surface area contributed by atoms with E-state index in [4.69, 9.17) is 4.74 Å². The molecule has 0 aromatic heterocycles. The molecule has 140 valence electrons. The first kappa shape index (κ1) is 18.9. The van der Waals surface area contributed by atoms with Gasteiger partial charge in [-0.05, 0) is 43.0 Å². The van der Waals surface area contributed by atoms with Crippen LogP contribution in [-0.2, 0) is 10.0 Å². The topological polar surface area (TPSA) is 55.4 Å². The molecule has 26 heavy (non-hydrogen) atoms. The van der Waals surface area contributed by atoms with Gasteiger partial charge >= 0.3 is 0 Å². The number of nitrogens with one attached hydrogen (secondary N) is 1. The van der Waals surface area contributed by atoms with Crippen molar-refractivity contribution in [1.29, 1.82) is 0 Å². The van der Waals surface area contributed by atoms with Crippen molar-refractivity contribution < 1.29 is 13.2 Å². The summed E-state index contributed by atoms with van der Waals surface area (Å²) < 4.78 is 32.6. The number of rotatable bonds is 7. The largest absolute Gasteiger partial charge is 0.493 e. The van der Waals surface area contributed by atoms with Crippen molar-refractivity contribution in [2.75, 3.05) is 12.4 Å².